The van der Waals surface area contributed by atoms with Gasteiger partial charge in [0.15, 0.2) is 0 Å². The molecule has 0 saturated carbocycles. The third-order valence-electron chi connectivity index (χ3n) is 3.63. The summed E-state index contributed by atoms with van der Waals surface area (Å²) in [4.78, 5) is 15.2. The van der Waals surface area contributed by atoms with E-state index in [1.54, 1.807) is 18.3 Å². The SMILES string of the molecule is CC(P)(P)c1ccc(Nc2ccc(C=O)cc2-c2ncco2)cc1. The highest BCUT2D eigenvalue weighted by atomic mass is 31.1. The first-order valence-electron chi connectivity index (χ1n) is 7.42. The van der Waals surface area contributed by atoms with Crippen molar-refractivity contribution in [1.82, 2.24) is 4.98 Å². The van der Waals surface area contributed by atoms with Gasteiger partial charge in [0.2, 0.25) is 5.89 Å². The predicted molar refractivity (Wildman–Crippen MR) is 104 cm³/mol. The van der Waals surface area contributed by atoms with E-state index >= 15 is 0 Å². The number of hydrogen-bond donors (Lipinski definition) is 1. The van der Waals surface area contributed by atoms with Crippen molar-refractivity contribution in [3.8, 4) is 11.5 Å². The maximum absolute atomic E-state index is 11.1. The lowest BCUT2D eigenvalue weighted by Gasteiger charge is -2.19. The molecular weight excluding hydrogens is 338 g/mol. The summed E-state index contributed by atoms with van der Waals surface area (Å²) in [6.45, 7) is 2.11. The maximum Gasteiger partial charge on any atom is 0.227 e. The average molecular weight is 356 g/mol. The molecule has 0 saturated heterocycles. The van der Waals surface area contributed by atoms with Gasteiger partial charge in [-0.1, -0.05) is 12.1 Å². The zero-order valence-corrected chi connectivity index (χ0v) is 15.5. The van der Waals surface area contributed by atoms with Gasteiger partial charge in [0.05, 0.1) is 17.4 Å². The molecule has 1 N–H and O–H groups in total. The van der Waals surface area contributed by atoms with Crippen molar-refractivity contribution in [2.75, 3.05) is 5.32 Å². The lowest BCUT2D eigenvalue weighted by Crippen LogP contribution is -2.02. The molecule has 6 heteroatoms. The normalized spacial score (nSPS) is 11.3. The summed E-state index contributed by atoms with van der Waals surface area (Å²) in [7, 11) is 5.61. The molecule has 122 valence electrons. The molecule has 1 heterocycles. The number of rotatable bonds is 5. The molecule has 0 amide bonds. The number of nitrogens with one attached hydrogen (secondary N) is 1. The van der Waals surface area contributed by atoms with Crippen LogP contribution in [-0.4, -0.2) is 11.3 Å². The summed E-state index contributed by atoms with van der Waals surface area (Å²) in [5.74, 6) is 0.473. The first-order valence-corrected chi connectivity index (χ1v) is 8.57. The number of oxazole rings is 1. The molecule has 1 aromatic heterocycles. The van der Waals surface area contributed by atoms with E-state index in [9.17, 15) is 4.79 Å². The maximum atomic E-state index is 11.1. The Balaban J connectivity index is 1.94. The summed E-state index contributed by atoms with van der Waals surface area (Å²) in [6.07, 6.45) is 3.91. The number of hydrogen-bond acceptors (Lipinski definition) is 4. The van der Waals surface area contributed by atoms with Crippen molar-refractivity contribution in [1.29, 1.82) is 0 Å². The molecule has 2 atom stereocenters. The van der Waals surface area contributed by atoms with Crippen molar-refractivity contribution >= 4 is 36.1 Å². The molecule has 0 spiro atoms. The molecule has 2 aromatic carbocycles. The number of benzene rings is 2. The van der Waals surface area contributed by atoms with Crippen LogP contribution in [0.3, 0.4) is 0 Å². The second kappa shape index (κ2) is 6.84. The summed E-state index contributed by atoms with van der Waals surface area (Å²) in [6, 6.07) is 13.6. The minimum atomic E-state index is -0.0482. The van der Waals surface area contributed by atoms with Gasteiger partial charge in [-0.25, -0.2) is 4.98 Å². The highest BCUT2D eigenvalue weighted by molar-refractivity contribution is 7.38. The second-order valence-corrected chi connectivity index (χ2v) is 8.81. The molecule has 0 radical (unpaired) electrons. The topological polar surface area (TPSA) is 55.1 Å². The van der Waals surface area contributed by atoms with Crippen molar-refractivity contribution in [3.05, 3.63) is 66.1 Å². The van der Waals surface area contributed by atoms with Crippen molar-refractivity contribution in [3.63, 3.8) is 0 Å². The Morgan fingerprint density at radius 3 is 2.50 bits per heavy atom. The summed E-state index contributed by atoms with van der Waals surface area (Å²) in [5.41, 5.74) is 4.30. The lowest BCUT2D eigenvalue weighted by atomic mass is 10.1. The first kappa shape index (κ1) is 16.8. The first-order chi connectivity index (χ1) is 11.5. The zero-order valence-electron chi connectivity index (χ0n) is 13.2. The van der Waals surface area contributed by atoms with Gasteiger partial charge in [-0.2, -0.15) is 0 Å². The van der Waals surface area contributed by atoms with Gasteiger partial charge in [0.25, 0.3) is 0 Å². The van der Waals surface area contributed by atoms with Crippen LogP contribution in [0.15, 0.2) is 59.3 Å². The van der Waals surface area contributed by atoms with E-state index in [4.69, 9.17) is 4.42 Å². The second-order valence-electron chi connectivity index (χ2n) is 5.75. The number of carbonyl (C=O) groups excluding carboxylic acids is 1. The van der Waals surface area contributed by atoms with Crippen LogP contribution in [0, 0.1) is 0 Å². The standard InChI is InChI=1S/C18H18N2O2P2/c1-18(23,24)13-3-5-14(6-4-13)20-16-7-2-12(11-21)10-15(16)17-19-8-9-22-17/h2-11,20H,23-24H2,1H3. The molecule has 2 unspecified atom stereocenters. The van der Waals surface area contributed by atoms with E-state index in [2.05, 4.69) is 47.8 Å². The van der Waals surface area contributed by atoms with Gasteiger partial charge >= 0.3 is 0 Å². The summed E-state index contributed by atoms with van der Waals surface area (Å²) < 4.78 is 5.39. The van der Waals surface area contributed by atoms with Gasteiger partial charge < -0.3 is 9.73 Å². The molecule has 0 aliphatic carbocycles. The predicted octanol–water partition coefficient (Wildman–Crippen LogP) is 4.82. The zero-order chi connectivity index (χ0) is 17.2. The molecule has 3 aromatic rings. The van der Waals surface area contributed by atoms with Crippen LogP contribution in [0.2, 0.25) is 0 Å². The highest BCUT2D eigenvalue weighted by Gasteiger charge is 2.14. The van der Waals surface area contributed by atoms with Crippen LogP contribution in [-0.2, 0) is 4.90 Å². The third kappa shape index (κ3) is 3.72. The van der Waals surface area contributed by atoms with Crippen LogP contribution in [0.1, 0.15) is 22.8 Å². The number of anilines is 2. The molecule has 4 nitrogen and oxygen atoms in total. The molecule has 3 rings (SSSR count). The fourth-order valence-corrected chi connectivity index (χ4v) is 2.73. The third-order valence-corrected chi connectivity index (χ3v) is 4.30. The van der Waals surface area contributed by atoms with Gasteiger partial charge in [0, 0.05) is 16.1 Å². The van der Waals surface area contributed by atoms with Gasteiger partial charge in [-0.15, -0.1) is 18.5 Å². The average Bonchev–Trinajstić information content (AvgIpc) is 3.09. The Morgan fingerprint density at radius 2 is 1.92 bits per heavy atom. The summed E-state index contributed by atoms with van der Waals surface area (Å²) >= 11 is 0. The fraction of sp³-hybridized carbons (Fsp3) is 0.111. The minimum absolute atomic E-state index is 0.0482. The van der Waals surface area contributed by atoms with E-state index in [0.717, 1.165) is 23.2 Å². The van der Waals surface area contributed by atoms with Crippen molar-refractivity contribution in [2.45, 2.75) is 11.8 Å². The van der Waals surface area contributed by atoms with Crippen LogP contribution < -0.4 is 5.32 Å². The molecular formula is C18H18N2O2P2. The minimum Gasteiger partial charge on any atom is -0.444 e. The van der Waals surface area contributed by atoms with Crippen molar-refractivity contribution < 1.29 is 9.21 Å². The Morgan fingerprint density at radius 1 is 1.17 bits per heavy atom. The molecule has 0 aliphatic heterocycles. The molecule has 0 aliphatic rings. The molecule has 24 heavy (non-hydrogen) atoms. The Hall–Kier alpha value is -2.02. The van der Waals surface area contributed by atoms with Crippen molar-refractivity contribution in [2.24, 2.45) is 0 Å². The molecule has 0 bridgehead atoms. The van der Waals surface area contributed by atoms with E-state index < -0.39 is 0 Å². The van der Waals surface area contributed by atoms with Crippen LogP contribution >= 0.6 is 18.5 Å². The van der Waals surface area contributed by atoms with E-state index in [1.807, 2.05) is 18.2 Å². The lowest BCUT2D eigenvalue weighted by molar-refractivity contribution is 0.112. The number of nitrogens with zero attached hydrogens (tertiary/aromatic N) is 1. The Labute approximate surface area is 145 Å². The largest absolute Gasteiger partial charge is 0.444 e. The smallest absolute Gasteiger partial charge is 0.227 e. The monoisotopic (exact) mass is 356 g/mol. The van der Waals surface area contributed by atoms with E-state index in [-0.39, 0.29) is 4.90 Å². The summed E-state index contributed by atoms with van der Waals surface area (Å²) in [5, 5.41) is 3.36. The van der Waals surface area contributed by atoms with E-state index in [0.29, 0.717) is 11.5 Å². The van der Waals surface area contributed by atoms with Crippen LogP contribution in [0.25, 0.3) is 11.5 Å². The van der Waals surface area contributed by atoms with Gasteiger partial charge in [-0.3, -0.25) is 4.79 Å². The Kier molecular flexibility index (Phi) is 4.80. The number of carbonyl (C=O) groups is 1. The van der Waals surface area contributed by atoms with Gasteiger partial charge in [-0.05, 0) is 42.8 Å². The van der Waals surface area contributed by atoms with Gasteiger partial charge in [0.1, 0.15) is 12.5 Å². The van der Waals surface area contributed by atoms with Crippen LogP contribution in [0.5, 0.6) is 0 Å². The molecule has 0 fully saturated rings. The quantitative estimate of drug-likeness (QED) is 0.526. The fourth-order valence-electron chi connectivity index (χ4n) is 2.35. The van der Waals surface area contributed by atoms with Crippen LogP contribution in [0.4, 0.5) is 11.4 Å². The number of aldehydes is 1. The Bertz CT molecular complexity index is 838. The van der Waals surface area contributed by atoms with E-state index in [1.165, 1.54) is 11.8 Å². The highest BCUT2D eigenvalue weighted by Crippen LogP contribution is 2.38. The number of aromatic nitrogens is 1.